The van der Waals surface area contributed by atoms with Crippen LogP contribution in [-0.4, -0.2) is 26.7 Å². The lowest BCUT2D eigenvalue weighted by atomic mass is 10.1. The lowest BCUT2D eigenvalue weighted by Gasteiger charge is -2.19. The van der Waals surface area contributed by atoms with E-state index in [1.54, 1.807) is 24.3 Å². The van der Waals surface area contributed by atoms with E-state index < -0.39 is 27.2 Å². The fourth-order valence-corrected chi connectivity index (χ4v) is 4.80. The number of hydrogen-bond donors (Lipinski definition) is 1. The van der Waals surface area contributed by atoms with Crippen LogP contribution in [0.1, 0.15) is 19.3 Å². The first-order valence-electron chi connectivity index (χ1n) is 6.29. The number of carbonyl (C=O) groups is 1. The van der Waals surface area contributed by atoms with Crippen LogP contribution >= 0.6 is 15.9 Å². The molecule has 0 saturated heterocycles. The molecule has 2 rings (SSSR count). The van der Waals surface area contributed by atoms with Crippen LogP contribution in [0.2, 0.25) is 0 Å². The smallest absolute Gasteiger partial charge is 0.310 e. The number of methoxy groups -OCH3 is 1. The third-order valence-electron chi connectivity index (χ3n) is 3.48. The van der Waals surface area contributed by atoms with Gasteiger partial charge in [0.2, 0.25) is 10.0 Å². The Hall–Kier alpha value is -1.08. The van der Waals surface area contributed by atoms with Gasteiger partial charge in [0, 0.05) is 4.47 Å². The van der Waals surface area contributed by atoms with E-state index in [4.69, 9.17) is 4.74 Å². The second-order valence-corrected chi connectivity index (χ2v) is 7.48. The molecule has 0 radical (unpaired) electrons. The second-order valence-electron chi connectivity index (χ2n) is 4.73. The summed E-state index contributed by atoms with van der Waals surface area (Å²) in [5, 5.41) is -0.734. The minimum absolute atomic E-state index is 0.454. The Kier molecular flexibility index (Phi) is 4.70. The third kappa shape index (κ3) is 3.15. The second kappa shape index (κ2) is 6.13. The molecule has 0 aliphatic heterocycles. The van der Waals surface area contributed by atoms with Gasteiger partial charge in [-0.3, -0.25) is 9.52 Å². The van der Waals surface area contributed by atoms with Crippen LogP contribution in [0.5, 0.6) is 0 Å². The summed E-state index contributed by atoms with van der Waals surface area (Å²) in [6.07, 6.45) is 1.73. The number of esters is 1. The number of para-hydroxylation sites is 1. The number of ether oxygens (including phenoxy) is 1. The van der Waals surface area contributed by atoms with Crippen molar-refractivity contribution in [1.82, 2.24) is 0 Å². The van der Waals surface area contributed by atoms with Crippen molar-refractivity contribution < 1.29 is 17.9 Å². The van der Waals surface area contributed by atoms with E-state index in [9.17, 15) is 13.2 Å². The molecule has 5 nitrogen and oxygen atoms in total. The number of sulfonamides is 1. The van der Waals surface area contributed by atoms with Gasteiger partial charge in [-0.05, 0) is 40.9 Å². The van der Waals surface area contributed by atoms with Crippen molar-refractivity contribution in [2.75, 3.05) is 11.8 Å². The van der Waals surface area contributed by atoms with E-state index in [1.807, 2.05) is 0 Å². The van der Waals surface area contributed by atoms with Crippen LogP contribution in [0.3, 0.4) is 0 Å². The van der Waals surface area contributed by atoms with E-state index >= 15 is 0 Å². The summed E-state index contributed by atoms with van der Waals surface area (Å²) in [4.78, 5) is 11.7. The maximum atomic E-state index is 12.4. The molecule has 1 aliphatic carbocycles. The van der Waals surface area contributed by atoms with Crippen molar-refractivity contribution >= 4 is 37.6 Å². The first kappa shape index (κ1) is 15.3. The van der Waals surface area contributed by atoms with Gasteiger partial charge in [-0.2, -0.15) is 0 Å². The SMILES string of the molecule is COC(=O)C1CCCC1S(=O)(=O)Nc1ccccc1Br. The minimum atomic E-state index is -3.62. The quantitative estimate of drug-likeness (QED) is 0.836. The summed E-state index contributed by atoms with van der Waals surface area (Å²) in [5.74, 6) is -1.04. The largest absolute Gasteiger partial charge is 0.469 e. The summed E-state index contributed by atoms with van der Waals surface area (Å²) < 4.78 is 32.8. The van der Waals surface area contributed by atoms with Crippen molar-refractivity contribution in [1.29, 1.82) is 0 Å². The molecule has 1 fully saturated rings. The molecule has 1 saturated carbocycles. The van der Waals surface area contributed by atoms with Crippen LogP contribution in [0.15, 0.2) is 28.7 Å². The number of halogens is 1. The molecule has 0 aromatic heterocycles. The predicted octanol–water partition coefficient (Wildman–Crippen LogP) is 2.53. The van der Waals surface area contributed by atoms with Gasteiger partial charge >= 0.3 is 5.97 Å². The van der Waals surface area contributed by atoms with E-state index in [0.29, 0.717) is 29.4 Å². The number of benzene rings is 1. The van der Waals surface area contributed by atoms with E-state index in [0.717, 1.165) is 0 Å². The molecule has 0 amide bonds. The normalized spacial score (nSPS) is 22.5. The predicted molar refractivity (Wildman–Crippen MR) is 79.8 cm³/mol. The lowest BCUT2D eigenvalue weighted by molar-refractivity contribution is -0.145. The molecule has 7 heteroatoms. The Morgan fingerprint density at radius 1 is 1.35 bits per heavy atom. The highest BCUT2D eigenvalue weighted by Gasteiger charge is 2.42. The molecule has 110 valence electrons. The average molecular weight is 362 g/mol. The zero-order valence-corrected chi connectivity index (χ0v) is 13.4. The summed E-state index contributed by atoms with van der Waals surface area (Å²) in [5.41, 5.74) is 0.475. The molecule has 1 aromatic rings. The fraction of sp³-hybridized carbons (Fsp3) is 0.462. The molecule has 2 unspecified atom stereocenters. The Morgan fingerprint density at radius 2 is 2.05 bits per heavy atom. The van der Waals surface area contributed by atoms with Gasteiger partial charge in [0.25, 0.3) is 0 Å². The van der Waals surface area contributed by atoms with E-state index in [1.165, 1.54) is 7.11 Å². The van der Waals surface area contributed by atoms with Gasteiger partial charge < -0.3 is 4.74 Å². The van der Waals surface area contributed by atoms with Crippen LogP contribution in [-0.2, 0) is 19.6 Å². The molecule has 0 spiro atoms. The Bertz CT molecular complexity index is 602. The first-order valence-corrected chi connectivity index (χ1v) is 8.63. The molecular formula is C13H16BrNO4S. The first-order chi connectivity index (χ1) is 9.45. The highest BCUT2D eigenvalue weighted by Crippen LogP contribution is 2.34. The number of anilines is 1. The lowest BCUT2D eigenvalue weighted by Crippen LogP contribution is -2.35. The van der Waals surface area contributed by atoms with E-state index in [2.05, 4.69) is 20.7 Å². The molecule has 1 N–H and O–H groups in total. The zero-order valence-electron chi connectivity index (χ0n) is 11.0. The zero-order chi connectivity index (χ0) is 14.8. The number of hydrogen-bond acceptors (Lipinski definition) is 4. The summed E-state index contributed by atoms with van der Waals surface area (Å²) >= 11 is 3.30. The molecule has 0 bridgehead atoms. The van der Waals surface area contributed by atoms with Crippen molar-refractivity contribution in [2.24, 2.45) is 5.92 Å². The number of carbonyl (C=O) groups excluding carboxylic acids is 1. The topological polar surface area (TPSA) is 72.5 Å². The molecule has 0 heterocycles. The highest BCUT2D eigenvalue weighted by molar-refractivity contribution is 9.10. The molecule has 20 heavy (non-hydrogen) atoms. The summed E-state index contributed by atoms with van der Waals surface area (Å²) in [7, 11) is -2.34. The van der Waals surface area contributed by atoms with Gasteiger partial charge in [-0.1, -0.05) is 18.6 Å². The van der Waals surface area contributed by atoms with Gasteiger partial charge in [-0.15, -0.1) is 0 Å². The van der Waals surface area contributed by atoms with E-state index in [-0.39, 0.29) is 0 Å². The van der Waals surface area contributed by atoms with Gasteiger partial charge in [0.1, 0.15) is 0 Å². The van der Waals surface area contributed by atoms with Gasteiger partial charge in [-0.25, -0.2) is 8.42 Å². The number of nitrogens with one attached hydrogen (secondary N) is 1. The Balaban J connectivity index is 2.22. The molecular weight excluding hydrogens is 346 g/mol. The maximum absolute atomic E-state index is 12.4. The third-order valence-corrected chi connectivity index (χ3v) is 6.04. The molecule has 2 atom stereocenters. The minimum Gasteiger partial charge on any atom is -0.469 e. The monoisotopic (exact) mass is 361 g/mol. The van der Waals surface area contributed by atoms with Crippen molar-refractivity contribution in [3.8, 4) is 0 Å². The summed E-state index contributed by atoms with van der Waals surface area (Å²) in [6.45, 7) is 0. The Labute approximate surface area is 126 Å². The average Bonchev–Trinajstić information content (AvgIpc) is 2.90. The molecule has 1 aromatic carbocycles. The van der Waals surface area contributed by atoms with Crippen LogP contribution in [0.25, 0.3) is 0 Å². The number of rotatable bonds is 4. The van der Waals surface area contributed by atoms with Crippen molar-refractivity contribution in [3.05, 3.63) is 28.7 Å². The van der Waals surface area contributed by atoms with Crippen molar-refractivity contribution in [3.63, 3.8) is 0 Å². The van der Waals surface area contributed by atoms with Gasteiger partial charge in [0.05, 0.1) is 24.0 Å². The van der Waals surface area contributed by atoms with Crippen molar-refractivity contribution in [2.45, 2.75) is 24.5 Å². The van der Waals surface area contributed by atoms with Crippen LogP contribution in [0.4, 0.5) is 5.69 Å². The van der Waals surface area contributed by atoms with Crippen LogP contribution < -0.4 is 4.72 Å². The summed E-state index contributed by atoms with van der Waals surface area (Å²) in [6, 6.07) is 6.97. The fourth-order valence-electron chi connectivity index (χ4n) is 2.49. The Morgan fingerprint density at radius 3 is 2.70 bits per heavy atom. The van der Waals surface area contributed by atoms with Gasteiger partial charge in [0.15, 0.2) is 0 Å². The van der Waals surface area contributed by atoms with Crippen LogP contribution in [0, 0.1) is 5.92 Å². The molecule has 1 aliphatic rings. The maximum Gasteiger partial charge on any atom is 0.310 e. The standard InChI is InChI=1S/C13H16BrNO4S/c1-19-13(16)9-5-4-8-12(9)20(17,18)15-11-7-3-2-6-10(11)14/h2-3,6-7,9,12,15H,4-5,8H2,1H3. The highest BCUT2D eigenvalue weighted by atomic mass is 79.9.